The van der Waals surface area contributed by atoms with Crippen molar-refractivity contribution in [2.75, 3.05) is 11.9 Å². The molecule has 3 heteroatoms. The average Bonchev–Trinajstić information content (AvgIpc) is 2.15. The van der Waals surface area contributed by atoms with Crippen LogP contribution in [0.3, 0.4) is 0 Å². The van der Waals surface area contributed by atoms with E-state index >= 15 is 0 Å². The van der Waals surface area contributed by atoms with Gasteiger partial charge in [0.15, 0.2) is 0 Å². The molecule has 0 aliphatic rings. The Balaban J connectivity index is 2.30. The predicted octanol–water partition coefficient (Wildman–Crippen LogP) is 3.01. The minimum absolute atomic E-state index is 0.622. The molecule has 0 fully saturated rings. The summed E-state index contributed by atoms with van der Waals surface area (Å²) >= 11 is 2.28. The van der Waals surface area contributed by atoms with Gasteiger partial charge >= 0.3 is 0 Å². The van der Waals surface area contributed by atoms with E-state index in [4.69, 9.17) is 5.26 Å². The van der Waals surface area contributed by atoms with Crippen LogP contribution in [-0.4, -0.2) is 6.54 Å². The Morgan fingerprint density at radius 1 is 1.31 bits per heavy atom. The quantitative estimate of drug-likeness (QED) is 0.682. The van der Waals surface area contributed by atoms with Crippen molar-refractivity contribution in [2.24, 2.45) is 0 Å². The second-order valence-electron chi connectivity index (χ2n) is 2.70. The molecule has 2 nitrogen and oxygen atoms in total. The summed E-state index contributed by atoms with van der Waals surface area (Å²) in [6, 6.07) is 10.3. The molecular weight excluding hydrogens is 275 g/mol. The topological polar surface area (TPSA) is 35.8 Å². The highest BCUT2D eigenvalue weighted by Gasteiger charge is 1.90. The van der Waals surface area contributed by atoms with E-state index < -0.39 is 0 Å². The number of unbranched alkanes of at least 4 members (excludes halogenated alkanes) is 1. The Morgan fingerprint density at radius 2 is 2.00 bits per heavy atom. The Bertz CT molecular complexity index is 287. The van der Waals surface area contributed by atoms with Gasteiger partial charge in [0.25, 0.3) is 0 Å². The molecule has 0 radical (unpaired) electrons. The molecule has 0 bridgehead atoms. The number of hydrogen-bond acceptors (Lipinski definition) is 2. The number of nitriles is 1. The number of nitrogens with zero attached hydrogens (tertiary/aromatic N) is 1. The van der Waals surface area contributed by atoms with Crippen molar-refractivity contribution < 1.29 is 0 Å². The van der Waals surface area contributed by atoms with E-state index in [1.165, 1.54) is 3.57 Å². The molecule has 0 aliphatic heterocycles. The smallest absolute Gasteiger partial charge is 0.0622 e. The lowest BCUT2D eigenvalue weighted by atomic mass is 10.3. The first kappa shape index (κ1) is 10.3. The third-order valence-electron chi connectivity index (χ3n) is 1.64. The van der Waals surface area contributed by atoms with E-state index in [0.717, 1.165) is 18.7 Å². The minimum Gasteiger partial charge on any atom is -0.385 e. The van der Waals surface area contributed by atoms with Crippen molar-refractivity contribution in [3.63, 3.8) is 0 Å². The zero-order chi connectivity index (χ0) is 9.52. The monoisotopic (exact) mass is 286 g/mol. The first-order valence-electron chi connectivity index (χ1n) is 4.19. The maximum absolute atomic E-state index is 8.32. The molecular formula is C10H11IN2. The molecule has 1 rings (SSSR count). The molecule has 0 saturated carbocycles. The summed E-state index contributed by atoms with van der Waals surface area (Å²) in [5, 5.41) is 11.6. The fourth-order valence-corrected chi connectivity index (χ4v) is 1.33. The molecule has 1 N–H and O–H groups in total. The number of hydrogen-bond donors (Lipinski definition) is 1. The van der Waals surface area contributed by atoms with Gasteiger partial charge in [0.05, 0.1) is 6.07 Å². The molecule has 68 valence electrons. The largest absolute Gasteiger partial charge is 0.385 e. The summed E-state index contributed by atoms with van der Waals surface area (Å²) < 4.78 is 1.24. The predicted molar refractivity (Wildman–Crippen MR) is 62.5 cm³/mol. The van der Waals surface area contributed by atoms with Gasteiger partial charge in [0.2, 0.25) is 0 Å². The van der Waals surface area contributed by atoms with Crippen molar-refractivity contribution in [1.82, 2.24) is 0 Å². The highest BCUT2D eigenvalue weighted by molar-refractivity contribution is 14.1. The van der Waals surface area contributed by atoms with Gasteiger partial charge in [-0.1, -0.05) is 0 Å². The highest BCUT2D eigenvalue weighted by atomic mass is 127. The lowest BCUT2D eigenvalue weighted by Gasteiger charge is -2.03. The fraction of sp³-hybridized carbons (Fsp3) is 0.300. The van der Waals surface area contributed by atoms with Crippen LogP contribution in [0.2, 0.25) is 0 Å². The lowest BCUT2D eigenvalue weighted by Crippen LogP contribution is -2.00. The van der Waals surface area contributed by atoms with E-state index in [0.29, 0.717) is 6.42 Å². The molecule has 0 aromatic heterocycles. The molecule has 1 aromatic rings. The second kappa shape index (κ2) is 5.81. The maximum atomic E-state index is 8.32. The third kappa shape index (κ3) is 4.13. The van der Waals surface area contributed by atoms with E-state index in [-0.39, 0.29) is 0 Å². The van der Waals surface area contributed by atoms with E-state index in [1.807, 2.05) is 12.1 Å². The zero-order valence-corrected chi connectivity index (χ0v) is 9.41. The number of halogens is 1. The Labute approximate surface area is 92.1 Å². The van der Waals surface area contributed by atoms with Crippen LogP contribution < -0.4 is 5.32 Å². The van der Waals surface area contributed by atoms with Crippen molar-refractivity contribution in [2.45, 2.75) is 12.8 Å². The van der Waals surface area contributed by atoms with Crippen LogP contribution in [0.4, 0.5) is 5.69 Å². The van der Waals surface area contributed by atoms with Crippen LogP contribution in [0.1, 0.15) is 12.8 Å². The molecule has 13 heavy (non-hydrogen) atoms. The van der Waals surface area contributed by atoms with Gasteiger partial charge in [-0.25, -0.2) is 0 Å². The first-order chi connectivity index (χ1) is 6.33. The van der Waals surface area contributed by atoms with Crippen molar-refractivity contribution in [3.8, 4) is 6.07 Å². The normalized spacial score (nSPS) is 9.23. The summed E-state index contributed by atoms with van der Waals surface area (Å²) in [6.45, 7) is 0.869. The van der Waals surface area contributed by atoms with Crippen LogP contribution in [-0.2, 0) is 0 Å². The van der Waals surface area contributed by atoms with Gasteiger partial charge in [-0.05, 0) is 53.3 Å². The van der Waals surface area contributed by atoms with Gasteiger partial charge in [-0.3, -0.25) is 0 Å². The van der Waals surface area contributed by atoms with E-state index in [2.05, 4.69) is 46.1 Å². The zero-order valence-electron chi connectivity index (χ0n) is 7.26. The first-order valence-corrected chi connectivity index (χ1v) is 5.27. The Kier molecular flexibility index (Phi) is 4.61. The summed E-state index contributed by atoms with van der Waals surface area (Å²) in [5.41, 5.74) is 1.12. The van der Waals surface area contributed by atoms with Gasteiger partial charge in [-0.2, -0.15) is 5.26 Å². The van der Waals surface area contributed by atoms with Crippen LogP contribution in [0, 0.1) is 14.9 Å². The summed E-state index contributed by atoms with van der Waals surface area (Å²) in [7, 11) is 0. The Morgan fingerprint density at radius 3 is 2.62 bits per heavy atom. The lowest BCUT2D eigenvalue weighted by molar-refractivity contribution is 0.897. The minimum atomic E-state index is 0.622. The molecule has 0 saturated heterocycles. The molecule has 0 aliphatic carbocycles. The summed E-state index contributed by atoms with van der Waals surface area (Å²) in [4.78, 5) is 0. The van der Waals surface area contributed by atoms with Crippen LogP contribution in [0.15, 0.2) is 24.3 Å². The summed E-state index contributed by atoms with van der Waals surface area (Å²) in [5.74, 6) is 0. The van der Waals surface area contributed by atoms with E-state index in [9.17, 15) is 0 Å². The van der Waals surface area contributed by atoms with Crippen molar-refractivity contribution in [1.29, 1.82) is 5.26 Å². The van der Waals surface area contributed by atoms with Crippen LogP contribution in [0.25, 0.3) is 0 Å². The Hall–Kier alpha value is -0.760. The number of nitrogens with one attached hydrogen (secondary N) is 1. The second-order valence-corrected chi connectivity index (χ2v) is 3.94. The summed E-state index contributed by atoms with van der Waals surface area (Å²) in [6.07, 6.45) is 1.53. The van der Waals surface area contributed by atoms with Gasteiger partial charge < -0.3 is 5.32 Å². The highest BCUT2D eigenvalue weighted by Crippen LogP contribution is 2.10. The van der Waals surface area contributed by atoms with Crippen LogP contribution in [0.5, 0.6) is 0 Å². The van der Waals surface area contributed by atoms with Gasteiger partial charge in [0.1, 0.15) is 0 Å². The SMILES string of the molecule is N#CCCCNc1ccc(I)cc1. The molecule has 0 atom stereocenters. The van der Waals surface area contributed by atoms with E-state index in [1.54, 1.807) is 0 Å². The van der Waals surface area contributed by atoms with Gasteiger partial charge in [0, 0.05) is 22.2 Å². The number of benzene rings is 1. The average molecular weight is 286 g/mol. The number of rotatable bonds is 4. The number of anilines is 1. The third-order valence-corrected chi connectivity index (χ3v) is 2.36. The molecule has 0 spiro atoms. The van der Waals surface area contributed by atoms with Crippen molar-refractivity contribution in [3.05, 3.63) is 27.8 Å². The molecule has 0 amide bonds. The molecule has 0 heterocycles. The van der Waals surface area contributed by atoms with Crippen molar-refractivity contribution >= 4 is 28.3 Å². The fourth-order valence-electron chi connectivity index (χ4n) is 0.968. The molecule has 0 unspecified atom stereocenters. The van der Waals surface area contributed by atoms with Crippen LogP contribution >= 0.6 is 22.6 Å². The standard InChI is InChI=1S/C10H11IN2/c11-9-3-5-10(6-4-9)13-8-2-1-7-12/h3-6,13H,1-2,8H2. The maximum Gasteiger partial charge on any atom is 0.0622 e. The molecule has 1 aromatic carbocycles. The van der Waals surface area contributed by atoms with Gasteiger partial charge in [-0.15, -0.1) is 0 Å².